The zero-order valence-corrected chi connectivity index (χ0v) is 20.5. The monoisotopic (exact) mass is 557 g/mol. The van der Waals surface area contributed by atoms with Crippen LogP contribution in [0.2, 0.25) is 5.15 Å². The first kappa shape index (κ1) is 27.0. The van der Waals surface area contributed by atoms with Crippen molar-refractivity contribution in [3.05, 3.63) is 48.1 Å². The van der Waals surface area contributed by atoms with Crippen molar-refractivity contribution in [1.82, 2.24) is 34.5 Å². The number of ether oxygens (including phenoxy) is 1. The molecule has 0 radical (unpaired) electrons. The smallest absolute Gasteiger partial charge is 0.408 e. The van der Waals surface area contributed by atoms with Crippen LogP contribution in [-0.2, 0) is 6.54 Å². The van der Waals surface area contributed by atoms with Gasteiger partial charge in [0.15, 0.2) is 5.82 Å². The van der Waals surface area contributed by atoms with Crippen molar-refractivity contribution in [3.8, 4) is 28.5 Å². The van der Waals surface area contributed by atoms with Gasteiger partial charge in [-0.2, -0.15) is 32.1 Å². The number of halogens is 6. The molecular formula is C22H21ClF5N9O. The van der Waals surface area contributed by atoms with Crippen LogP contribution >= 0.6 is 11.6 Å². The second-order valence-corrected chi connectivity index (χ2v) is 8.52. The summed E-state index contributed by atoms with van der Waals surface area (Å²) in [5.74, 6) is 0.0387. The molecule has 0 saturated carbocycles. The summed E-state index contributed by atoms with van der Waals surface area (Å²) >= 11 is 6.03. The highest BCUT2D eigenvalue weighted by molar-refractivity contribution is 6.29. The van der Waals surface area contributed by atoms with Gasteiger partial charge in [0.05, 0.1) is 18.5 Å². The van der Waals surface area contributed by atoms with E-state index in [1.165, 1.54) is 36.8 Å². The Hall–Kier alpha value is -4.01. The van der Waals surface area contributed by atoms with Gasteiger partial charge in [0.2, 0.25) is 5.88 Å². The number of nitrogens with zero attached hydrogens (tertiary/aromatic N) is 7. The quantitative estimate of drug-likeness (QED) is 0.205. The van der Waals surface area contributed by atoms with Crippen LogP contribution < -0.4 is 15.8 Å². The number of aromatic nitrogens is 7. The number of nitrogens with two attached hydrogens (primary N) is 1. The van der Waals surface area contributed by atoms with Crippen molar-refractivity contribution in [2.45, 2.75) is 38.7 Å². The van der Waals surface area contributed by atoms with Crippen LogP contribution in [-0.4, -0.2) is 53.3 Å². The van der Waals surface area contributed by atoms with Gasteiger partial charge in [0, 0.05) is 42.3 Å². The van der Waals surface area contributed by atoms with E-state index in [2.05, 4.69) is 30.5 Å². The summed E-state index contributed by atoms with van der Waals surface area (Å²) in [6.45, 7) is -2.39. The lowest BCUT2D eigenvalue weighted by Gasteiger charge is -2.19. The van der Waals surface area contributed by atoms with Gasteiger partial charge in [-0.1, -0.05) is 11.6 Å². The fourth-order valence-electron chi connectivity index (χ4n) is 3.48. The van der Waals surface area contributed by atoms with Crippen LogP contribution in [0.25, 0.3) is 22.6 Å². The van der Waals surface area contributed by atoms with Crippen molar-refractivity contribution in [1.29, 1.82) is 0 Å². The maximum Gasteiger partial charge on any atom is 0.408 e. The molecule has 4 heterocycles. The molecule has 0 aromatic carbocycles. The average molecular weight is 558 g/mol. The molecule has 0 bridgehead atoms. The minimum atomic E-state index is -4.54. The van der Waals surface area contributed by atoms with Gasteiger partial charge in [-0.3, -0.25) is 0 Å². The first-order valence-corrected chi connectivity index (χ1v) is 11.5. The number of hydrogen-bond donors (Lipinski definition) is 2. The normalized spacial score (nSPS) is 12.6. The van der Waals surface area contributed by atoms with Crippen LogP contribution in [0.1, 0.15) is 19.9 Å². The van der Waals surface area contributed by atoms with E-state index in [-0.39, 0.29) is 46.6 Å². The van der Waals surface area contributed by atoms with E-state index in [9.17, 15) is 22.0 Å². The molecule has 4 aromatic heterocycles. The summed E-state index contributed by atoms with van der Waals surface area (Å²) in [4.78, 5) is 12.1. The molecule has 0 unspecified atom stereocenters. The minimum Gasteiger partial charge on any atom is -0.477 e. The third kappa shape index (κ3) is 6.65. The lowest BCUT2D eigenvalue weighted by Crippen LogP contribution is -2.22. The van der Waals surface area contributed by atoms with Crippen LogP contribution in [0.15, 0.2) is 43.0 Å². The summed E-state index contributed by atoms with van der Waals surface area (Å²) < 4.78 is 72.1. The largest absolute Gasteiger partial charge is 0.477 e. The van der Waals surface area contributed by atoms with E-state index in [4.69, 9.17) is 22.1 Å². The summed E-state index contributed by atoms with van der Waals surface area (Å²) in [5.41, 5.74) is 7.01. The average Bonchev–Trinajstić information content (AvgIpc) is 3.46. The highest BCUT2D eigenvalue weighted by atomic mass is 35.5. The third-order valence-corrected chi connectivity index (χ3v) is 5.39. The van der Waals surface area contributed by atoms with Crippen LogP contribution in [0, 0.1) is 0 Å². The molecule has 0 aliphatic rings. The fraction of sp³-hybridized carbons (Fsp3) is 0.318. The summed E-state index contributed by atoms with van der Waals surface area (Å²) in [6.07, 6.45) is 0.874. The highest BCUT2D eigenvalue weighted by Crippen LogP contribution is 2.32. The maximum absolute atomic E-state index is 13.1. The predicted octanol–water partition coefficient (Wildman–Crippen LogP) is 5.06. The van der Waals surface area contributed by atoms with Gasteiger partial charge < -0.3 is 15.8 Å². The summed E-state index contributed by atoms with van der Waals surface area (Å²) in [7, 11) is 0. The van der Waals surface area contributed by atoms with Gasteiger partial charge in [-0.15, -0.1) is 0 Å². The molecule has 0 aliphatic carbocycles. The van der Waals surface area contributed by atoms with E-state index in [0.717, 1.165) is 6.20 Å². The Labute approximate surface area is 217 Å². The Balaban J connectivity index is 1.49. The topological polar surface area (TPSA) is 122 Å². The third-order valence-electron chi connectivity index (χ3n) is 5.18. The number of anilines is 2. The molecule has 0 aliphatic heterocycles. The summed E-state index contributed by atoms with van der Waals surface area (Å²) in [6, 6.07) is 4.08. The number of hydrogen-bond acceptors (Lipinski definition) is 8. The number of nitrogen functional groups attached to an aromatic ring is 1. The Morgan fingerprint density at radius 1 is 1.16 bits per heavy atom. The van der Waals surface area contributed by atoms with Gasteiger partial charge in [0.1, 0.15) is 23.1 Å². The van der Waals surface area contributed by atoms with Crippen LogP contribution in [0.3, 0.4) is 0 Å². The Morgan fingerprint density at radius 2 is 1.95 bits per heavy atom. The SMILES string of the molecule is C[C@@H](CCOc1c(-c2nccc(N)n2)cnn1CC(F)(F)F)Nc1cc(Cl)ncc1-c1ccn(C(F)F)n1. The molecule has 202 valence electrons. The maximum atomic E-state index is 13.1. The number of nitrogens with one attached hydrogen (secondary N) is 1. The van der Waals surface area contributed by atoms with Crippen molar-refractivity contribution in [2.24, 2.45) is 0 Å². The van der Waals surface area contributed by atoms with Gasteiger partial charge in [0.25, 0.3) is 0 Å². The molecule has 16 heteroatoms. The van der Waals surface area contributed by atoms with Gasteiger partial charge in [-0.25, -0.2) is 24.3 Å². The zero-order valence-electron chi connectivity index (χ0n) is 19.7. The second-order valence-electron chi connectivity index (χ2n) is 8.14. The Morgan fingerprint density at radius 3 is 2.63 bits per heavy atom. The van der Waals surface area contributed by atoms with E-state index in [1.54, 1.807) is 6.92 Å². The second kappa shape index (κ2) is 11.2. The van der Waals surface area contributed by atoms with Gasteiger partial charge >= 0.3 is 12.7 Å². The molecule has 4 aromatic rings. The molecule has 3 N–H and O–H groups in total. The summed E-state index contributed by atoms with van der Waals surface area (Å²) in [5, 5.41) is 11.0. The lowest BCUT2D eigenvalue weighted by atomic mass is 10.1. The molecule has 1 atom stereocenters. The highest BCUT2D eigenvalue weighted by Gasteiger charge is 2.31. The molecule has 10 nitrogen and oxygen atoms in total. The Bertz CT molecular complexity index is 1390. The van der Waals surface area contributed by atoms with E-state index < -0.39 is 19.3 Å². The van der Waals surface area contributed by atoms with Gasteiger partial charge in [-0.05, 0) is 25.1 Å². The Kier molecular flexibility index (Phi) is 7.94. The predicted molar refractivity (Wildman–Crippen MR) is 129 cm³/mol. The van der Waals surface area contributed by atoms with Crippen molar-refractivity contribution >= 4 is 23.1 Å². The lowest BCUT2D eigenvalue weighted by molar-refractivity contribution is -0.143. The molecule has 0 saturated heterocycles. The molecule has 0 amide bonds. The molecular weight excluding hydrogens is 537 g/mol. The molecule has 0 fully saturated rings. The minimum absolute atomic E-state index is 0.0127. The van der Waals surface area contributed by atoms with Crippen molar-refractivity contribution < 1.29 is 26.7 Å². The van der Waals surface area contributed by atoms with Crippen molar-refractivity contribution in [3.63, 3.8) is 0 Å². The van der Waals surface area contributed by atoms with E-state index >= 15 is 0 Å². The zero-order chi connectivity index (χ0) is 27.4. The van der Waals surface area contributed by atoms with Crippen LogP contribution in [0.4, 0.5) is 33.5 Å². The van der Waals surface area contributed by atoms with Crippen LogP contribution in [0.5, 0.6) is 5.88 Å². The molecule has 4 rings (SSSR count). The van der Waals surface area contributed by atoms with E-state index in [0.29, 0.717) is 27.0 Å². The fourth-order valence-corrected chi connectivity index (χ4v) is 3.64. The molecule has 0 spiro atoms. The number of alkyl halides is 5. The number of pyridine rings is 1. The van der Waals surface area contributed by atoms with Crippen molar-refractivity contribution in [2.75, 3.05) is 17.7 Å². The first-order valence-electron chi connectivity index (χ1n) is 11.1. The first-order chi connectivity index (χ1) is 18.0. The molecule has 38 heavy (non-hydrogen) atoms. The number of rotatable bonds is 10. The van der Waals surface area contributed by atoms with E-state index in [1.807, 2.05) is 0 Å². The standard InChI is InChI=1S/C22H21ClF5N9O/c1-12(33-16-8-17(23)31-9-13(16)15-3-6-36(35-15)21(24)25)4-7-38-20-14(19-30-5-2-18(29)34-19)10-32-37(20)11-22(26,27)28/h2-3,5-6,8-10,12,21H,4,7,11H2,1H3,(H,31,33)(H2,29,30,34)/t12-/m0/s1.